The monoisotopic (exact) mass is 262 g/mol. The van der Waals surface area contributed by atoms with Crippen LogP contribution >= 0.6 is 11.8 Å². The lowest BCUT2D eigenvalue weighted by Crippen LogP contribution is -2.03. The summed E-state index contributed by atoms with van der Waals surface area (Å²) in [5.41, 5.74) is 1.33. The van der Waals surface area contributed by atoms with Gasteiger partial charge in [0.15, 0.2) is 0 Å². The summed E-state index contributed by atoms with van der Waals surface area (Å²) < 4.78 is 13.6. The number of rotatable bonds is 4. The van der Waals surface area contributed by atoms with Crippen molar-refractivity contribution in [3.05, 3.63) is 65.5 Å². The second kappa shape index (κ2) is 6.03. The predicted octanol–water partition coefficient (Wildman–Crippen LogP) is 3.96. The maximum absolute atomic E-state index is 13.6. The molecule has 1 nitrogen and oxygen atoms in total. The van der Waals surface area contributed by atoms with Crippen molar-refractivity contribution in [2.75, 3.05) is 5.75 Å². The molecule has 0 fully saturated rings. The number of benzene rings is 2. The van der Waals surface area contributed by atoms with Gasteiger partial charge in [-0.15, -0.1) is 11.8 Å². The molecule has 0 aliphatic rings. The predicted molar refractivity (Wildman–Crippen MR) is 73.3 cm³/mol. The van der Waals surface area contributed by atoms with Gasteiger partial charge in [-0.3, -0.25) is 0 Å². The van der Waals surface area contributed by atoms with E-state index in [0.29, 0.717) is 11.3 Å². The van der Waals surface area contributed by atoms with Crippen LogP contribution < -0.4 is 0 Å². The molecular formula is C15H15FOS. The lowest BCUT2D eigenvalue weighted by Gasteiger charge is -2.12. The van der Waals surface area contributed by atoms with E-state index in [9.17, 15) is 9.50 Å². The van der Waals surface area contributed by atoms with Crippen LogP contribution in [0, 0.1) is 12.7 Å². The van der Waals surface area contributed by atoms with Crippen molar-refractivity contribution in [2.45, 2.75) is 17.9 Å². The molecule has 2 aromatic carbocycles. The molecule has 0 bridgehead atoms. The van der Waals surface area contributed by atoms with Gasteiger partial charge in [-0.2, -0.15) is 0 Å². The lowest BCUT2D eigenvalue weighted by molar-refractivity contribution is 0.199. The van der Waals surface area contributed by atoms with E-state index in [1.807, 2.05) is 37.3 Å². The molecule has 0 radical (unpaired) electrons. The van der Waals surface area contributed by atoms with Gasteiger partial charge in [-0.1, -0.05) is 35.9 Å². The molecule has 1 unspecified atom stereocenters. The highest BCUT2D eigenvalue weighted by atomic mass is 32.2. The Labute approximate surface area is 111 Å². The topological polar surface area (TPSA) is 20.2 Å². The summed E-state index contributed by atoms with van der Waals surface area (Å²) in [6, 6.07) is 14.6. The van der Waals surface area contributed by atoms with Crippen LogP contribution in [0.15, 0.2) is 53.4 Å². The summed E-state index contributed by atoms with van der Waals surface area (Å²) >= 11 is 1.52. The largest absolute Gasteiger partial charge is 0.387 e. The van der Waals surface area contributed by atoms with Gasteiger partial charge in [0.05, 0.1) is 6.10 Å². The molecule has 0 amide bonds. The summed E-state index contributed by atoms with van der Waals surface area (Å²) in [6.07, 6.45) is -0.782. The fraction of sp³-hybridized carbons (Fsp3) is 0.200. The average molecular weight is 262 g/mol. The maximum Gasteiger partial charge on any atom is 0.129 e. The standard InChI is InChI=1S/C15H15FOS/c1-11-7-8-14(16)13(9-11)15(17)10-18-12-5-3-2-4-6-12/h2-9,15,17H,10H2,1H3. The normalized spacial score (nSPS) is 12.4. The van der Waals surface area contributed by atoms with Crippen LogP contribution in [0.3, 0.4) is 0 Å². The minimum absolute atomic E-state index is 0.346. The Morgan fingerprint density at radius 1 is 1.17 bits per heavy atom. The first-order valence-corrected chi connectivity index (χ1v) is 6.77. The molecular weight excluding hydrogens is 247 g/mol. The number of aliphatic hydroxyl groups is 1. The molecule has 0 heterocycles. The minimum atomic E-state index is -0.782. The van der Waals surface area contributed by atoms with E-state index >= 15 is 0 Å². The van der Waals surface area contributed by atoms with Crippen molar-refractivity contribution >= 4 is 11.8 Å². The molecule has 1 N–H and O–H groups in total. The first kappa shape index (κ1) is 13.1. The maximum atomic E-state index is 13.6. The number of aliphatic hydroxyl groups excluding tert-OH is 1. The fourth-order valence-electron chi connectivity index (χ4n) is 1.70. The van der Waals surface area contributed by atoms with Crippen molar-refractivity contribution in [1.29, 1.82) is 0 Å². The first-order chi connectivity index (χ1) is 8.66. The Bertz CT molecular complexity index is 513. The molecule has 0 spiro atoms. The molecule has 0 saturated carbocycles. The molecule has 0 saturated heterocycles. The highest BCUT2D eigenvalue weighted by Gasteiger charge is 2.13. The number of hydrogen-bond acceptors (Lipinski definition) is 2. The Morgan fingerprint density at radius 3 is 2.61 bits per heavy atom. The number of aryl methyl sites for hydroxylation is 1. The van der Waals surface area contributed by atoms with Crippen molar-refractivity contribution in [1.82, 2.24) is 0 Å². The van der Waals surface area contributed by atoms with E-state index in [1.54, 1.807) is 12.1 Å². The van der Waals surface area contributed by atoms with Crippen molar-refractivity contribution in [2.24, 2.45) is 0 Å². The average Bonchev–Trinajstić information content (AvgIpc) is 2.40. The molecule has 2 aromatic rings. The number of hydrogen-bond donors (Lipinski definition) is 1. The molecule has 18 heavy (non-hydrogen) atoms. The summed E-state index contributed by atoms with van der Waals surface area (Å²) in [7, 11) is 0. The third-order valence-electron chi connectivity index (χ3n) is 2.66. The molecule has 94 valence electrons. The highest BCUT2D eigenvalue weighted by Crippen LogP contribution is 2.26. The van der Waals surface area contributed by atoms with E-state index < -0.39 is 6.10 Å². The fourth-order valence-corrected chi connectivity index (χ4v) is 2.58. The Morgan fingerprint density at radius 2 is 1.89 bits per heavy atom. The lowest BCUT2D eigenvalue weighted by atomic mass is 10.1. The van der Waals surface area contributed by atoms with E-state index in [2.05, 4.69) is 0 Å². The van der Waals surface area contributed by atoms with Gasteiger partial charge in [0, 0.05) is 16.2 Å². The van der Waals surface area contributed by atoms with E-state index in [1.165, 1.54) is 17.8 Å². The zero-order chi connectivity index (χ0) is 13.0. The van der Waals surface area contributed by atoms with Crippen LogP contribution in [0.1, 0.15) is 17.2 Å². The van der Waals surface area contributed by atoms with Crippen LogP contribution in [0.25, 0.3) is 0 Å². The number of thioether (sulfide) groups is 1. The molecule has 0 aliphatic heterocycles. The first-order valence-electron chi connectivity index (χ1n) is 5.79. The van der Waals surface area contributed by atoms with Crippen molar-refractivity contribution in [3.63, 3.8) is 0 Å². The smallest absolute Gasteiger partial charge is 0.129 e. The van der Waals surface area contributed by atoms with Crippen LogP contribution in [0.2, 0.25) is 0 Å². The van der Waals surface area contributed by atoms with Gasteiger partial charge >= 0.3 is 0 Å². The SMILES string of the molecule is Cc1ccc(F)c(C(O)CSc2ccccc2)c1. The Balaban J connectivity index is 2.03. The van der Waals surface area contributed by atoms with E-state index in [0.717, 1.165) is 10.5 Å². The highest BCUT2D eigenvalue weighted by molar-refractivity contribution is 7.99. The summed E-state index contributed by atoms with van der Waals surface area (Å²) in [4.78, 5) is 1.07. The molecule has 2 rings (SSSR count). The third-order valence-corrected chi connectivity index (χ3v) is 3.75. The summed E-state index contributed by atoms with van der Waals surface area (Å²) in [5.74, 6) is 0.103. The van der Waals surface area contributed by atoms with Crippen LogP contribution in [-0.4, -0.2) is 10.9 Å². The van der Waals surface area contributed by atoms with Crippen LogP contribution in [0.4, 0.5) is 4.39 Å². The van der Waals surface area contributed by atoms with Gasteiger partial charge < -0.3 is 5.11 Å². The Kier molecular flexibility index (Phi) is 4.39. The van der Waals surface area contributed by atoms with Gasteiger partial charge in [-0.25, -0.2) is 4.39 Å². The second-order valence-corrected chi connectivity index (χ2v) is 5.26. The Hall–Kier alpha value is -1.32. The van der Waals surface area contributed by atoms with Crippen LogP contribution in [-0.2, 0) is 0 Å². The second-order valence-electron chi connectivity index (χ2n) is 4.16. The van der Waals surface area contributed by atoms with Gasteiger partial charge in [0.1, 0.15) is 5.82 Å². The van der Waals surface area contributed by atoms with Crippen LogP contribution in [0.5, 0.6) is 0 Å². The molecule has 0 aromatic heterocycles. The van der Waals surface area contributed by atoms with Crippen molar-refractivity contribution < 1.29 is 9.50 Å². The quantitative estimate of drug-likeness (QED) is 0.842. The number of halogens is 1. The minimum Gasteiger partial charge on any atom is -0.387 e. The van der Waals surface area contributed by atoms with E-state index in [4.69, 9.17) is 0 Å². The zero-order valence-electron chi connectivity index (χ0n) is 10.1. The van der Waals surface area contributed by atoms with Gasteiger partial charge in [-0.05, 0) is 25.1 Å². The molecule has 3 heteroatoms. The molecule has 0 aliphatic carbocycles. The zero-order valence-corrected chi connectivity index (χ0v) is 11.0. The van der Waals surface area contributed by atoms with Gasteiger partial charge in [0.25, 0.3) is 0 Å². The van der Waals surface area contributed by atoms with E-state index in [-0.39, 0.29) is 5.82 Å². The van der Waals surface area contributed by atoms with Gasteiger partial charge in [0.2, 0.25) is 0 Å². The molecule has 1 atom stereocenters. The summed E-state index contributed by atoms with van der Waals surface area (Å²) in [6.45, 7) is 1.89. The third kappa shape index (κ3) is 3.34. The van der Waals surface area contributed by atoms with Crippen molar-refractivity contribution in [3.8, 4) is 0 Å². The summed E-state index contributed by atoms with van der Waals surface area (Å²) in [5, 5.41) is 10.0.